The minimum Gasteiger partial charge on any atom is -0.305 e. The molecule has 0 aliphatic heterocycles. The van der Waals surface area contributed by atoms with Crippen LogP contribution in [0.1, 0.15) is 45.0 Å². The first-order chi connectivity index (χ1) is 8.97. The average Bonchev–Trinajstić information content (AvgIpc) is 2.86. The van der Waals surface area contributed by atoms with E-state index in [-0.39, 0.29) is 11.6 Å². The van der Waals surface area contributed by atoms with Crippen LogP contribution in [0.3, 0.4) is 0 Å². The fraction of sp³-hybridized carbons (Fsp3) is 0.467. The summed E-state index contributed by atoms with van der Waals surface area (Å²) < 4.78 is 2.00. The van der Waals surface area contributed by atoms with E-state index < -0.39 is 0 Å². The highest BCUT2D eigenvalue weighted by Gasteiger charge is 2.14. The maximum Gasteiger partial charge on any atom is 0.0570 e. The molecule has 0 unspecified atom stereocenters. The fourth-order valence-corrected chi connectivity index (χ4v) is 1.83. The SMILES string of the molecule is C[C@H](NCc1cnn(C(C)(C)C)c1)c1ccccn1. The van der Waals surface area contributed by atoms with Crippen molar-refractivity contribution in [2.75, 3.05) is 0 Å². The van der Waals surface area contributed by atoms with Gasteiger partial charge in [0.1, 0.15) is 0 Å². The van der Waals surface area contributed by atoms with Gasteiger partial charge in [0.15, 0.2) is 0 Å². The average molecular weight is 258 g/mol. The summed E-state index contributed by atoms with van der Waals surface area (Å²) in [4.78, 5) is 4.35. The predicted molar refractivity (Wildman–Crippen MR) is 76.7 cm³/mol. The summed E-state index contributed by atoms with van der Waals surface area (Å²) in [5.41, 5.74) is 2.29. The molecule has 2 rings (SSSR count). The molecule has 2 aromatic heterocycles. The second-order valence-electron chi connectivity index (χ2n) is 5.82. The summed E-state index contributed by atoms with van der Waals surface area (Å²) in [5.74, 6) is 0. The number of pyridine rings is 1. The van der Waals surface area contributed by atoms with E-state index in [0.717, 1.165) is 12.2 Å². The Bertz CT molecular complexity index is 510. The first kappa shape index (κ1) is 13.7. The molecule has 0 aliphatic rings. The first-order valence-corrected chi connectivity index (χ1v) is 6.65. The van der Waals surface area contributed by atoms with Crippen molar-refractivity contribution in [2.45, 2.75) is 45.8 Å². The molecule has 0 aliphatic carbocycles. The number of nitrogens with zero attached hydrogens (tertiary/aromatic N) is 3. The van der Waals surface area contributed by atoms with Crippen molar-refractivity contribution in [3.05, 3.63) is 48.0 Å². The fourth-order valence-electron chi connectivity index (χ4n) is 1.83. The zero-order chi connectivity index (χ0) is 13.9. The normalized spacial score (nSPS) is 13.5. The third kappa shape index (κ3) is 3.64. The van der Waals surface area contributed by atoms with Gasteiger partial charge in [-0.3, -0.25) is 9.67 Å². The second kappa shape index (κ2) is 5.53. The molecule has 0 saturated heterocycles. The molecule has 0 spiro atoms. The monoisotopic (exact) mass is 258 g/mol. The lowest BCUT2D eigenvalue weighted by atomic mass is 10.1. The van der Waals surface area contributed by atoms with E-state index in [1.165, 1.54) is 5.56 Å². The van der Waals surface area contributed by atoms with E-state index in [0.29, 0.717) is 0 Å². The van der Waals surface area contributed by atoms with Gasteiger partial charge in [-0.15, -0.1) is 0 Å². The molecule has 2 aromatic rings. The minimum atomic E-state index is 0.0326. The highest BCUT2D eigenvalue weighted by Crippen LogP contribution is 2.14. The van der Waals surface area contributed by atoms with Gasteiger partial charge in [0.2, 0.25) is 0 Å². The van der Waals surface area contributed by atoms with Crippen LogP contribution in [0.25, 0.3) is 0 Å². The van der Waals surface area contributed by atoms with E-state index in [4.69, 9.17) is 0 Å². The van der Waals surface area contributed by atoms with Crippen LogP contribution in [0.5, 0.6) is 0 Å². The van der Waals surface area contributed by atoms with E-state index in [1.807, 2.05) is 35.3 Å². The van der Waals surface area contributed by atoms with Crippen LogP contribution in [-0.4, -0.2) is 14.8 Å². The van der Waals surface area contributed by atoms with E-state index >= 15 is 0 Å². The highest BCUT2D eigenvalue weighted by atomic mass is 15.3. The second-order valence-corrected chi connectivity index (χ2v) is 5.82. The third-order valence-electron chi connectivity index (χ3n) is 3.07. The molecule has 0 amide bonds. The van der Waals surface area contributed by atoms with E-state index in [1.54, 1.807) is 0 Å². The van der Waals surface area contributed by atoms with Crippen LogP contribution in [0.2, 0.25) is 0 Å². The van der Waals surface area contributed by atoms with Gasteiger partial charge in [-0.05, 0) is 39.8 Å². The van der Waals surface area contributed by atoms with Gasteiger partial charge in [0.05, 0.1) is 17.4 Å². The summed E-state index contributed by atoms with van der Waals surface area (Å²) in [6, 6.07) is 6.22. The lowest BCUT2D eigenvalue weighted by Gasteiger charge is -2.18. The molecule has 0 bridgehead atoms. The molecule has 0 fully saturated rings. The molecule has 2 heterocycles. The van der Waals surface area contributed by atoms with E-state index in [2.05, 4.69) is 49.3 Å². The zero-order valence-corrected chi connectivity index (χ0v) is 12.1. The van der Waals surface area contributed by atoms with Gasteiger partial charge >= 0.3 is 0 Å². The van der Waals surface area contributed by atoms with Crippen LogP contribution in [0.4, 0.5) is 0 Å². The lowest BCUT2D eigenvalue weighted by molar-refractivity contribution is 0.355. The van der Waals surface area contributed by atoms with Crippen molar-refractivity contribution in [3.63, 3.8) is 0 Å². The zero-order valence-electron chi connectivity index (χ0n) is 12.1. The number of hydrogen-bond acceptors (Lipinski definition) is 3. The molecule has 1 N–H and O–H groups in total. The lowest BCUT2D eigenvalue weighted by Crippen LogP contribution is -2.22. The van der Waals surface area contributed by atoms with Crippen molar-refractivity contribution in [1.29, 1.82) is 0 Å². The number of nitrogens with one attached hydrogen (secondary N) is 1. The molecule has 0 radical (unpaired) electrons. The van der Waals surface area contributed by atoms with Crippen molar-refractivity contribution < 1.29 is 0 Å². The van der Waals surface area contributed by atoms with Crippen LogP contribution >= 0.6 is 0 Å². The van der Waals surface area contributed by atoms with Crippen molar-refractivity contribution in [2.24, 2.45) is 0 Å². The van der Waals surface area contributed by atoms with Crippen molar-refractivity contribution >= 4 is 0 Å². The Hall–Kier alpha value is -1.68. The first-order valence-electron chi connectivity index (χ1n) is 6.65. The number of rotatable bonds is 4. The molecule has 19 heavy (non-hydrogen) atoms. The Morgan fingerprint density at radius 1 is 1.32 bits per heavy atom. The highest BCUT2D eigenvalue weighted by molar-refractivity contribution is 5.09. The summed E-state index contributed by atoms with van der Waals surface area (Å²) >= 11 is 0. The largest absolute Gasteiger partial charge is 0.305 e. The number of aromatic nitrogens is 3. The van der Waals surface area contributed by atoms with Crippen molar-refractivity contribution in [1.82, 2.24) is 20.1 Å². The quantitative estimate of drug-likeness (QED) is 0.917. The molecular formula is C15H22N4. The molecule has 4 nitrogen and oxygen atoms in total. The van der Waals surface area contributed by atoms with Crippen LogP contribution < -0.4 is 5.32 Å². The third-order valence-corrected chi connectivity index (χ3v) is 3.07. The van der Waals surface area contributed by atoms with Gasteiger partial charge in [0.25, 0.3) is 0 Å². The van der Waals surface area contributed by atoms with Crippen LogP contribution in [-0.2, 0) is 12.1 Å². The molecule has 0 aromatic carbocycles. The van der Waals surface area contributed by atoms with Crippen molar-refractivity contribution in [3.8, 4) is 0 Å². The minimum absolute atomic E-state index is 0.0326. The summed E-state index contributed by atoms with van der Waals surface area (Å²) in [6.45, 7) is 9.36. The summed E-state index contributed by atoms with van der Waals surface area (Å²) in [5, 5.41) is 7.86. The summed E-state index contributed by atoms with van der Waals surface area (Å²) in [7, 11) is 0. The smallest absolute Gasteiger partial charge is 0.0570 e. The van der Waals surface area contributed by atoms with Gasteiger partial charge in [0, 0.05) is 30.5 Å². The van der Waals surface area contributed by atoms with Gasteiger partial charge in [-0.1, -0.05) is 6.07 Å². The maximum atomic E-state index is 4.40. The summed E-state index contributed by atoms with van der Waals surface area (Å²) in [6.07, 6.45) is 5.84. The van der Waals surface area contributed by atoms with Gasteiger partial charge in [-0.25, -0.2) is 0 Å². The molecule has 4 heteroatoms. The number of hydrogen-bond donors (Lipinski definition) is 1. The Balaban J connectivity index is 1.94. The van der Waals surface area contributed by atoms with Crippen LogP contribution in [0.15, 0.2) is 36.8 Å². The van der Waals surface area contributed by atoms with E-state index in [9.17, 15) is 0 Å². The standard InChI is InChI=1S/C15H22N4/c1-12(14-7-5-6-8-16-14)17-9-13-10-18-19(11-13)15(2,3)4/h5-8,10-12,17H,9H2,1-4H3/t12-/m0/s1. The Labute approximate surface area is 114 Å². The molecule has 1 atom stereocenters. The van der Waals surface area contributed by atoms with Gasteiger partial charge in [-0.2, -0.15) is 5.10 Å². The Morgan fingerprint density at radius 2 is 2.11 bits per heavy atom. The van der Waals surface area contributed by atoms with Crippen LogP contribution in [0, 0.1) is 0 Å². The Kier molecular flexibility index (Phi) is 4.00. The molecule has 0 saturated carbocycles. The predicted octanol–water partition coefficient (Wildman–Crippen LogP) is 2.88. The molecular weight excluding hydrogens is 236 g/mol. The van der Waals surface area contributed by atoms with Gasteiger partial charge < -0.3 is 5.32 Å². The Morgan fingerprint density at radius 3 is 2.68 bits per heavy atom. The molecule has 102 valence electrons. The maximum absolute atomic E-state index is 4.40. The topological polar surface area (TPSA) is 42.7 Å².